The molecule has 0 radical (unpaired) electrons. The number of hydrogen-bond acceptors (Lipinski definition) is 3. The fourth-order valence-electron chi connectivity index (χ4n) is 7.08. The Balaban J connectivity index is 1.22. The van der Waals surface area contributed by atoms with Crippen LogP contribution in [0.4, 0.5) is 0 Å². The van der Waals surface area contributed by atoms with Crippen LogP contribution < -0.4 is 4.74 Å². The number of fused-ring (bicyclic) bond motifs is 6. The van der Waals surface area contributed by atoms with Crippen molar-refractivity contribution in [2.24, 2.45) is 0 Å². The predicted molar refractivity (Wildman–Crippen MR) is 188 cm³/mol. The molecule has 0 N–H and O–H groups in total. The molecule has 0 saturated carbocycles. The third-order valence-electron chi connectivity index (χ3n) is 9.21. The summed E-state index contributed by atoms with van der Waals surface area (Å²) in [4.78, 5) is 10.5. The molecule has 9 aromatic rings. The number of ether oxygens (including phenoxy) is 1. The summed E-state index contributed by atoms with van der Waals surface area (Å²) in [6.45, 7) is 0. The molecule has 0 bridgehead atoms. The van der Waals surface area contributed by atoms with E-state index in [0.717, 1.165) is 66.4 Å². The summed E-state index contributed by atoms with van der Waals surface area (Å²) in [7, 11) is 0. The quantitative estimate of drug-likeness (QED) is 0.206. The second kappa shape index (κ2) is 9.62. The van der Waals surface area contributed by atoms with Gasteiger partial charge in [0.15, 0.2) is 0 Å². The SMILES string of the molecule is c1ccc(-c2ccc(-c3nc(-n4c5ccccc5c5cc6c(cc54)Oc4cccc5cccc-6c45)nc4ccccc34)cc2)cc1. The van der Waals surface area contributed by atoms with Gasteiger partial charge in [-0.15, -0.1) is 0 Å². The van der Waals surface area contributed by atoms with Crippen molar-refractivity contribution in [1.29, 1.82) is 0 Å². The van der Waals surface area contributed by atoms with Crippen molar-refractivity contribution in [3.63, 3.8) is 0 Å². The van der Waals surface area contributed by atoms with Crippen LogP contribution in [0.15, 0.2) is 152 Å². The summed E-state index contributed by atoms with van der Waals surface area (Å²) >= 11 is 0. The van der Waals surface area contributed by atoms with E-state index in [1.165, 1.54) is 22.1 Å². The van der Waals surface area contributed by atoms with E-state index in [1.54, 1.807) is 0 Å². The zero-order valence-corrected chi connectivity index (χ0v) is 24.7. The second-order valence-corrected chi connectivity index (χ2v) is 11.8. The standard InChI is InChI=1S/C42H25N3O/c1-2-10-26(11-3-1)27-20-22-29(23-21-27)41-32-15-4-6-17-35(32)43-42(44-41)45-36-18-7-5-14-30(36)33-24-34-31-16-8-12-28-13-9-19-38(40(28)31)46-39(34)25-37(33)45/h1-25H. The van der Waals surface area contributed by atoms with E-state index >= 15 is 0 Å². The molecule has 0 unspecified atom stereocenters. The first-order chi connectivity index (χ1) is 22.8. The predicted octanol–water partition coefficient (Wildman–Crippen LogP) is 11.0. The van der Waals surface area contributed by atoms with Crippen molar-refractivity contribution in [2.75, 3.05) is 0 Å². The van der Waals surface area contributed by atoms with Gasteiger partial charge in [-0.25, -0.2) is 9.97 Å². The third kappa shape index (κ3) is 3.67. The van der Waals surface area contributed by atoms with Gasteiger partial charge in [0, 0.05) is 38.7 Å². The maximum atomic E-state index is 6.60. The van der Waals surface area contributed by atoms with Gasteiger partial charge in [0.1, 0.15) is 11.5 Å². The van der Waals surface area contributed by atoms with Crippen LogP contribution in [0.25, 0.3) is 82.9 Å². The molecule has 0 aliphatic carbocycles. The van der Waals surface area contributed by atoms with E-state index in [0.29, 0.717) is 5.95 Å². The van der Waals surface area contributed by atoms with Crippen LogP contribution in [0, 0.1) is 0 Å². The maximum absolute atomic E-state index is 6.60. The molecule has 1 aliphatic heterocycles. The third-order valence-corrected chi connectivity index (χ3v) is 9.21. The fourth-order valence-corrected chi connectivity index (χ4v) is 7.08. The maximum Gasteiger partial charge on any atom is 0.235 e. The Morgan fingerprint density at radius 3 is 2.04 bits per heavy atom. The van der Waals surface area contributed by atoms with Gasteiger partial charge >= 0.3 is 0 Å². The molecule has 214 valence electrons. The molecular weight excluding hydrogens is 562 g/mol. The minimum Gasteiger partial charge on any atom is -0.456 e. The summed E-state index contributed by atoms with van der Waals surface area (Å²) in [5, 5.41) is 5.64. The van der Waals surface area contributed by atoms with E-state index in [4.69, 9.17) is 14.7 Å². The van der Waals surface area contributed by atoms with Crippen LogP contribution >= 0.6 is 0 Å². The molecular formula is C42H25N3O. The van der Waals surface area contributed by atoms with Gasteiger partial charge in [-0.3, -0.25) is 4.57 Å². The normalized spacial score (nSPS) is 12.1. The zero-order chi connectivity index (χ0) is 30.2. The van der Waals surface area contributed by atoms with Crippen molar-refractivity contribution < 1.29 is 4.74 Å². The van der Waals surface area contributed by atoms with Crippen LogP contribution in [0.3, 0.4) is 0 Å². The van der Waals surface area contributed by atoms with Gasteiger partial charge < -0.3 is 4.74 Å². The molecule has 1 aliphatic rings. The lowest BCUT2D eigenvalue weighted by molar-refractivity contribution is 0.487. The Morgan fingerprint density at radius 2 is 1.17 bits per heavy atom. The van der Waals surface area contributed by atoms with E-state index in [-0.39, 0.29) is 0 Å². The Morgan fingerprint density at radius 1 is 0.457 bits per heavy atom. The van der Waals surface area contributed by atoms with Crippen LogP contribution in [0.2, 0.25) is 0 Å². The first-order valence-corrected chi connectivity index (χ1v) is 15.5. The van der Waals surface area contributed by atoms with E-state index in [9.17, 15) is 0 Å². The Kier molecular flexibility index (Phi) is 5.25. The first-order valence-electron chi connectivity index (χ1n) is 15.5. The highest BCUT2D eigenvalue weighted by molar-refractivity contribution is 6.13. The number of nitrogens with zero attached hydrogens (tertiary/aromatic N) is 3. The number of hydrogen-bond donors (Lipinski definition) is 0. The molecule has 0 fully saturated rings. The molecule has 4 heteroatoms. The fraction of sp³-hybridized carbons (Fsp3) is 0. The Hall–Kier alpha value is -6.26. The minimum absolute atomic E-state index is 0.630. The van der Waals surface area contributed by atoms with Gasteiger partial charge in [0.2, 0.25) is 5.95 Å². The highest BCUT2D eigenvalue weighted by Crippen LogP contribution is 2.49. The molecule has 3 heterocycles. The lowest BCUT2D eigenvalue weighted by Gasteiger charge is -2.21. The second-order valence-electron chi connectivity index (χ2n) is 11.8. The number of benzene rings is 7. The molecule has 7 aromatic carbocycles. The molecule has 2 aromatic heterocycles. The molecule has 0 saturated heterocycles. The lowest BCUT2D eigenvalue weighted by atomic mass is 9.93. The van der Waals surface area contributed by atoms with Crippen molar-refractivity contribution in [3.05, 3.63) is 152 Å². The van der Waals surface area contributed by atoms with Crippen molar-refractivity contribution in [1.82, 2.24) is 14.5 Å². The molecule has 0 spiro atoms. The van der Waals surface area contributed by atoms with Crippen LogP contribution in [-0.4, -0.2) is 14.5 Å². The Labute approximate surface area is 264 Å². The first kappa shape index (κ1) is 25.1. The topological polar surface area (TPSA) is 39.9 Å². The van der Waals surface area contributed by atoms with Gasteiger partial charge in [-0.1, -0.05) is 121 Å². The molecule has 0 amide bonds. The summed E-state index contributed by atoms with van der Waals surface area (Å²) in [5.41, 5.74) is 9.56. The highest BCUT2D eigenvalue weighted by Gasteiger charge is 2.24. The number of rotatable bonds is 3. The monoisotopic (exact) mass is 587 g/mol. The smallest absolute Gasteiger partial charge is 0.235 e. The molecule has 4 nitrogen and oxygen atoms in total. The average molecular weight is 588 g/mol. The number of para-hydroxylation sites is 2. The van der Waals surface area contributed by atoms with Gasteiger partial charge in [-0.05, 0) is 46.3 Å². The van der Waals surface area contributed by atoms with Gasteiger partial charge in [0.05, 0.1) is 22.2 Å². The average Bonchev–Trinajstić information content (AvgIpc) is 3.44. The van der Waals surface area contributed by atoms with Crippen molar-refractivity contribution >= 4 is 43.5 Å². The van der Waals surface area contributed by atoms with Crippen molar-refractivity contribution in [2.45, 2.75) is 0 Å². The van der Waals surface area contributed by atoms with Crippen molar-refractivity contribution in [3.8, 4) is 51.0 Å². The molecule has 0 atom stereocenters. The molecule has 46 heavy (non-hydrogen) atoms. The lowest BCUT2D eigenvalue weighted by Crippen LogP contribution is -2.04. The van der Waals surface area contributed by atoms with E-state index in [2.05, 4.69) is 144 Å². The molecule has 10 rings (SSSR count). The number of aromatic nitrogens is 3. The van der Waals surface area contributed by atoms with E-state index < -0.39 is 0 Å². The van der Waals surface area contributed by atoms with Crippen LogP contribution in [-0.2, 0) is 0 Å². The summed E-state index contributed by atoms with van der Waals surface area (Å²) in [6, 6.07) is 53.0. The largest absolute Gasteiger partial charge is 0.456 e. The summed E-state index contributed by atoms with van der Waals surface area (Å²) < 4.78 is 8.79. The van der Waals surface area contributed by atoms with Crippen LogP contribution in [0.5, 0.6) is 11.5 Å². The zero-order valence-electron chi connectivity index (χ0n) is 24.7. The van der Waals surface area contributed by atoms with E-state index in [1.807, 2.05) is 12.1 Å². The highest BCUT2D eigenvalue weighted by atomic mass is 16.5. The van der Waals surface area contributed by atoms with Gasteiger partial charge in [-0.2, -0.15) is 0 Å². The Bertz CT molecular complexity index is 2650. The minimum atomic E-state index is 0.630. The van der Waals surface area contributed by atoms with Gasteiger partial charge in [0.25, 0.3) is 0 Å². The summed E-state index contributed by atoms with van der Waals surface area (Å²) in [6.07, 6.45) is 0. The summed E-state index contributed by atoms with van der Waals surface area (Å²) in [5.74, 6) is 2.34. The van der Waals surface area contributed by atoms with Crippen LogP contribution in [0.1, 0.15) is 0 Å².